The molecule has 10 heteroatoms. The first-order valence-electron chi connectivity index (χ1n) is 10.9. The van der Waals surface area contributed by atoms with Gasteiger partial charge in [-0.25, -0.2) is 4.79 Å². The fraction of sp³-hybridized carbons (Fsp3) is 0.231. The van der Waals surface area contributed by atoms with Crippen molar-refractivity contribution in [1.29, 1.82) is 0 Å². The molecule has 0 unspecified atom stereocenters. The van der Waals surface area contributed by atoms with E-state index in [-0.39, 0.29) is 45.8 Å². The van der Waals surface area contributed by atoms with Gasteiger partial charge >= 0.3 is 18.2 Å². The number of hydrogen-bond acceptors (Lipinski definition) is 3. The molecule has 0 bridgehead atoms. The maximum absolute atomic E-state index is 13.5. The Labute approximate surface area is 216 Å². The van der Waals surface area contributed by atoms with E-state index >= 15 is 0 Å². The van der Waals surface area contributed by atoms with E-state index in [4.69, 9.17) is 27.9 Å². The summed E-state index contributed by atoms with van der Waals surface area (Å²) >= 11 is 12.6. The van der Waals surface area contributed by atoms with Gasteiger partial charge in [-0.2, -0.15) is 13.2 Å². The lowest BCUT2D eigenvalue weighted by Crippen LogP contribution is -2.30. The monoisotopic (exact) mass is 538 g/mol. The van der Waals surface area contributed by atoms with Crippen LogP contribution in [-0.2, 0) is 28.7 Å². The zero-order chi connectivity index (χ0) is 26.5. The Hall–Kier alpha value is -3.23. The second kappa shape index (κ2) is 11.7. The number of urea groups is 1. The zero-order valence-electron chi connectivity index (χ0n) is 19.5. The van der Waals surface area contributed by atoms with Gasteiger partial charge in [-0.3, -0.25) is 4.79 Å². The standard InChI is InChI=1S/C26H23Cl2F3N2O3/c1-3-36-23(34)12-16-8-10-17(11-9-16)15-33(2)25(35)32-18-13-21(27)24(22(28)14-18)19-6-4-5-7-20(19)26(29,30)31/h4-11,13-14H,3,12,15H2,1-2H3,(H,32,35). The highest BCUT2D eigenvalue weighted by molar-refractivity contribution is 6.39. The first-order chi connectivity index (χ1) is 17.0. The lowest BCUT2D eigenvalue weighted by molar-refractivity contribution is -0.142. The van der Waals surface area contributed by atoms with Gasteiger partial charge in [0.1, 0.15) is 0 Å². The van der Waals surface area contributed by atoms with E-state index in [9.17, 15) is 22.8 Å². The Kier molecular flexibility index (Phi) is 8.87. The predicted octanol–water partition coefficient (Wildman–Crippen LogP) is 7.45. The molecule has 0 spiro atoms. The Morgan fingerprint density at radius 1 is 0.972 bits per heavy atom. The summed E-state index contributed by atoms with van der Waals surface area (Å²) in [6.07, 6.45) is -4.43. The molecule has 3 rings (SSSR count). The van der Waals surface area contributed by atoms with Crippen molar-refractivity contribution in [2.45, 2.75) is 26.1 Å². The van der Waals surface area contributed by atoms with E-state index in [1.807, 2.05) is 0 Å². The molecule has 0 atom stereocenters. The highest BCUT2D eigenvalue weighted by Gasteiger charge is 2.34. The van der Waals surface area contributed by atoms with Gasteiger partial charge in [0.25, 0.3) is 0 Å². The molecule has 0 aliphatic heterocycles. The van der Waals surface area contributed by atoms with Gasteiger partial charge in [0.2, 0.25) is 0 Å². The summed E-state index contributed by atoms with van der Waals surface area (Å²) in [6, 6.07) is 14.4. The number of benzene rings is 3. The minimum Gasteiger partial charge on any atom is -0.466 e. The van der Waals surface area contributed by atoms with E-state index in [0.29, 0.717) is 6.61 Å². The van der Waals surface area contributed by atoms with Crippen LogP contribution in [-0.4, -0.2) is 30.6 Å². The summed E-state index contributed by atoms with van der Waals surface area (Å²) in [5, 5.41) is 2.59. The van der Waals surface area contributed by atoms with Gasteiger partial charge in [0.15, 0.2) is 0 Å². The average Bonchev–Trinajstić information content (AvgIpc) is 2.79. The molecule has 0 radical (unpaired) electrons. The number of esters is 1. The van der Waals surface area contributed by atoms with Crippen molar-refractivity contribution in [2.24, 2.45) is 0 Å². The molecule has 0 saturated heterocycles. The number of anilines is 1. The molecule has 0 aliphatic carbocycles. The highest BCUT2D eigenvalue weighted by atomic mass is 35.5. The summed E-state index contributed by atoms with van der Waals surface area (Å²) in [5.74, 6) is -0.313. The van der Waals surface area contributed by atoms with Crippen molar-refractivity contribution in [1.82, 2.24) is 4.90 Å². The Balaban J connectivity index is 1.71. The van der Waals surface area contributed by atoms with Crippen LogP contribution in [0, 0.1) is 0 Å². The molecule has 0 fully saturated rings. The number of carbonyl (C=O) groups excluding carboxylic acids is 2. The summed E-state index contributed by atoms with van der Waals surface area (Å²) in [5.41, 5.74) is 0.872. The first-order valence-corrected chi connectivity index (χ1v) is 11.7. The molecule has 0 aliphatic rings. The summed E-state index contributed by atoms with van der Waals surface area (Å²) in [7, 11) is 1.58. The molecular formula is C26H23Cl2F3N2O3. The number of carbonyl (C=O) groups is 2. The number of amides is 2. The van der Waals surface area contributed by atoms with Crippen LogP contribution in [0.25, 0.3) is 11.1 Å². The third-order valence-corrected chi connectivity index (χ3v) is 5.83. The van der Waals surface area contributed by atoms with E-state index in [1.54, 1.807) is 38.2 Å². The summed E-state index contributed by atoms with van der Waals surface area (Å²) in [6.45, 7) is 2.33. The Morgan fingerprint density at radius 3 is 2.14 bits per heavy atom. The van der Waals surface area contributed by atoms with Gasteiger partial charge in [-0.05, 0) is 41.8 Å². The number of ether oxygens (including phenoxy) is 1. The van der Waals surface area contributed by atoms with E-state index in [2.05, 4.69) is 5.32 Å². The summed E-state index contributed by atoms with van der Waals surface area (Å²) in [4.78, 5) is 25.7. The van der Waals surface area contributed by atoms with Crippen molar-refractivity contribution in [3.8, 4) is 11.1 Å². The van der Waals surface area contributed by atoms with Crippen molar-refractivity contribution in [2.75, 3.05) is 19.0 Å². The normalized spacial score (nSPS) is 11.2. The summed E-state index contributed by atoms with van der Waals surface area (Å²) < 4.78 is 45.3. The van der Waals surface area contributed by atoms with Gasteiger partial charge in [-0.1, -0.05) is 65.7 Å². The second-order valence-electron chi connectivity index (χ2n) is 7.94. The zero-order valence-corrected chi connectivity index (χ0v) is 21.0. The van der Waals surface area contributed by atoms with Crippen molar-refractivity contribution >= 4 is 40.9 Å². The van der Waals surface area contributed by atoms with Crippen molar-refractivity contribution in [3.63, 3.8) is 0 Å². The van der Waals surface area contributed by atoms with E-state index < -0.39 is 17.8 Å². The molecule has 0 heterocycles. The third-order valence-electron chi connectivity index (χ3n) is 5.24. The lowest BCUT2D eigenvalue weighted by atomic mass is 9.99. The van der Waals surface area contributed by atoms with Gasteiger partial charge in [0, 0.05) is 24.8 Å². The smallest absolute Gasteiger partial charge is 0.417 e. The van der Waals surface area contributed by atoms with Crippen molar-refractivity contribution in [3.05, 3.63) is 87.4 Å². The quantitative estimate of drug-likeness (QED) is 0.318. The molecule has 36 heavy (non-hydrogen) atoms. The SMILES string of the molecule is CCOC(=O)Cc1ccc(CN(C)C(=O)Nc2cc(Cl)c(-c3ccccc3C(F)(F)F)c(Cl)c2)cc1. The third kappa shape index (κ3) is 6.92. The van der Waals surface area contributed by atoms with E-state index in [1.165, 1.54) is 35.2 Å². The van der Waals surface area contributed by atoms with Crippen LogP contribution >= 0.6 is 23.2 Å². The molecule has 5 nitrogen and oxygen atoms in total. The lowest BCUT2D eigenvalue weighted by Gasteiger charge is -2.20. The largest absolute Gasteiger partial charge is 0.466 e. The van der Waals surface area contributed by atoms with Crippen molar-refractivity contribution < 1.29 is 27.5 Å². The maximum atomic E-state index is 13.5. The molecule has 2 amide bonds. The number of nitrogens with zero attached hydrogens (tertiary/aromatic N) is 1. The minimum atomic E-state index is -4.59. The maximum Gasteiger partial charge on any atom is 0.417 e. The van der Waals surface area contributed by atoms with Gasteiger partial charge < -0.3 is 15.0 Å². The second-order valence-corrected chi connectivity index (χ2v) is 8.76. The topological polar surface area (TPSA) is 58.6 Å². The van der Waals surface area contributed by atoms with Gasteiger partial charge in [-0.15, -0.1) is 0 Å². The molecule has 0 aromatic heterocycles. The van der Waals surface area contributed by atoms with Crippen LogP contribution < -0.4 is 5.32 Å². The van der Waals surface area contributed by atoms with Crippen LogP contribution in [0.4, 0.5) is 23.7 Å². The molecule has 3 aromatic rings. The van der Waals surface area contributed by atoms with Crippen LogP contribution in [0.2, 0.25) is 10.0 Å². The van der Waals surface area contributed by atoms with Crippen LogP contribution in [0.5, 0.6) is 0 Å². The first kappa shape index (κ1) is 27.4. The fourth-order valence-electron chi connectivity index (χ4n) is 3.56. The fourth-order valence-corrected chi connectivity index (χ4v) is 4.25. The molecular weight excluding hydrogens is 516 g/mol. The van der Waals surface area contributed by atoms with E-state index in [0.717, 1.165) is 17.2 Å². The predicted molar refractivity (Wildman–Crippen MR) is 134 cm³/mol. The number of halogens is 5. The van der Waals surface area contributed by atoms with Crippen LogP contribution in [0.15, 0.2) is 60.7 Å². The molecule has 190 valence electrons. The molecule has 3 aromatic carbocycles. The molecule has 0 saturated carbocycles. The Morgan fingerprint density at radius 2 is 1.56 bits per heavy atom. The van der Waals surface area contributed by atoms with Crippen LogP contribution in [0.1, 0.15) is 23.6 Å². The Bertz CT molecular complexity index is 1220. The number of alkyl halides is 3. The highest BCUT2D eigenvalue weighted by Crippen LogP contribution is 2.43. The number of nitrogens with one attached hydrogen (secondary N) is 1. The van der Waals surface area contributed by atoms with Crippen LogP contribution in [0.3, 0.4) is 0 Å². The number of rotatable bonds is 7. The van der Waals surface area contributed by atoms with Gasteiger partial charge in [0.05, 0.1) is 28.6 Å². The average molecular weight is 539 g/mol. The minimum absolute atomic E-state index is 0.0283. The number of hydrogen-bond donors (Lipinski definition) is 1. The molecule has 1 N–H and O–H groups in total.